The summed E-state index contributed by atoms with van der Waals surface area (Å²) in [5, 5.41) is 5.17. The Kier molecular flexibility index (Phi) is 6.26. The van der Waals surface area contributed by atoms with Crippen molar-refractivity contribution < 1.29 is 14.3 Å². The SMILES string of the molecule is C=CCOC(=O)C(CSN)C(C)=O. The molecule has 1 atom stereocenters. The highest BCUT2D eigenvalue weighted by atomic mass is 32.2. The highest BCUT2D eigenvalue weighted by molar-refractivity contribution is 7.97. The fourth-order valence-corrected chi connectivity index (χ4v) is 1.25. The molecule has 1 unspecified atom stereocenters. The van der Waals surface area contributed by atoms with Gasteiger partial charge in [0.1, 0.15) is 18.3 Å². The molecule has 0 heterocycles. The maximum atomic E-state index is 11.2. The van der Waals surface area contributed by atoms with E-state index >= 15 is 0 Å². The lowest BCUT2D eigenvalue weighted by Gasteiger charge is -2.10. The number of hydrogen-bond acceptors (Lipinski definition) is 5. The Labute approximate surface area is 81.6 Å². The number of Topliss-reactive ketones (excluding diaryl/α,β-unsaturated/α-hetero) is 1. The summed E-state index contributed by atoms with van der Waals surface area (Å²) >= 11 is 0.952. The van der Waals surface area contributed by atoms with Gasteiger partial charge in [-0.3, -0.25) is 14.7 Å². The van der Waals surface area contributed by atoms with Gasteiger partial charge in [0.2, 0.25) is 0 Å². The molecular weight excluding hydrogens is 190 g/mol. The first-order chi connectivity index (χ1) is 6.13. The molecule has 0 aliphatic carbocycles. The van der Waals surface area contributed by atoms with Crippen LogP contribution in [0.25, 0.3) is 0 Å². The molecule has 74 valence electrons. The van der Waals surface area contributed by atoms with Gasteiger partial charge in [-0.1, -0.05) is 24.6 Å². The molecule has 0 rings (SSSR count). The fraction of sp³-hybridized carbons (Fsp3) is 0.500. The number of carbonyl (C=O) groups is 2. The topological polar surface area (TPSA) is 69.4 Å². The molecule has 0 radical (unpaired) electrons. The third kappa shape index (κ3) is 4.69. The second-order valence-corrected chi connectivity index (χ2v) is 3.08. The van der Waals surface area contributed by atoms with Crippen LogP contribution in [-0.2, 0) is 14.3 Å². The van der Waals surface area contributed by atoms with Crippen LogP contribution >= 0.6 is 11.9 Å². The predicted octanol–water partition coefficient (Wildman–Crippen LogP) is 0.528. The molecule has 0 fully saturated rings. The van der Waals surface area contributed by atoms with Crippen molar-refractivity contribution >= 4 is 23.7 Å². The van der Waals surface area contributed by atoms with Gasteiger partial charge in [0.25, 0.3) is 0 Å². The van der Waals surface area contributed by atoms with Gasteiger partial charge < -0.3 is 4.74 Å². The van der Waals surface area contributed by atoms with Crippen molar-refractivity contribution in [2.24, 2.45) is 11.1 Å². The third-order valence-electron chi connectivity index (χ3n) is 1.38. The van der Waals surface area contributed by atoms with Gasteiger partial charge in [0.05, 0.1) is 0 Å². The molecule has 5 heteroatoms. The summed E-state index contributed by atoms with van der Waals surface area (Å²) in [7, 11) is 0. The molecule has 0 saturated heterocycles. The largest absolute Gasteiger partial charge is 0.461 e. The van der Waals surface area contributed by atoms with Gasteiger partial charge in [0, 0.05) is 5.75 Å². The average Bonchev–Trinajstić information content (AvgIpc) is 2.09. The molecule has 0 amide bonds. The van der Waals surface area contributed by atoms with Crippen molar-refractivity contribution in [3.63, 3.8) is 0 Å². The first-order valence-electron chi connectivity index (χ1n) is 3.73. The molecule has 0 aromatic carbocycles. The summed E-state index contributed by atoms with van der Waals surface area (Å²) < 4.78 is 4.72. The minimum absolute atomic E-state index is 0.123. The lowest BCUT2D eigenvalue weighted by Crippen LogP contribution is -2.27. The molecule has 13 heavy (non-hydrogen) atoms. The van der Waals surface area contributed by atoms with Crippen LogP contribution in [0.5, 0.6) is 0 Å². The lowest BCUT2D eigenvalue weighted by atomic mass is 10.1. The number of hydrogen-bond donors (Lipinski definition) is 1. The molecule has 0 bridgehead atoms. The van der Waals surface area contributed by atoms with E-state index in [-0.39, 0.29) is 18.1 Å². The predicted molar refractivity (Wildman–Crippen MR) is 52.0 cm³/mol. The van der Waals surface area contributed by atoms with Crippen LogP contribution in [0, 0.1) is 5.92 Å². The van der Waals surface area contributed by atoms with E-state index in [1.165, 1.54) is 13.0 Å². The van der Waals surface area contributed by atoms with Crippen molar-refractivity contribution in [2.45, 2.75) is 6.92 Å². The molecule has 4 nitrogen and oxygen atoms in total. The summed E-state index contributed by atoms with van der Waals surface area (Å²) in [6, 6.07) is 0. The van der Waals surface area contributed by atoms with Gasteiger partial charge in [0.15, 0.2) is 0 Å². The Morgan fingerprint density at radius 1 is 1.69 bits per heavy atom. The van der Waals surface area contributed by atoms with Crippen molar-refractivity contribution in [1.29, 1.82) is 0 Å². The summed E-state index contributed by atoms with van der Waals surface area (Å²) in [5.74, 6) is -1.27. The van der Waals surface area contributed by atoms with E-state index in [1.54, 1.807) is 0 Å². The van der Waals surface area contributed by atoms with Gasteiger partial charge in [-0.15, -0.1) is 0 Å². The Balaban J connectivity index is 4.11. The summed E-state index contributed by atoms with van der Waals surface area (Å²) in [6.45, 7) is 4.86. The van der Waals surface area contributed by atoms with E-state index in [0.717, 1.165) is 11.9 Å². The zero-order chi connectivity index (χ0) is 10.3. The second kappa shape index (κ2) is 6.68. The highest BCUT2D eigenvalue weighted by Gasteiger charge is 2.23. The van der Waals surface area contributed by atoms with Crippen LogP contribution in [0.1, 0.15) is 6.92 Å². The van der Waals surface area contributed by atoms with E-state index in [1.807, 2.05) is 0 Å². The molecule has 0 spiro atoms. The number of carbonyl (C=O) groups excluding carboxylic acids is 2. The molecular formula is C8H13NO3S. The van der Waals surface area contributed by atoms with Crippen molar-refractivity contribution in [3.8, 4) is 0 Å². The normalized spacial score (nSPS) is 11.8. The van der Waals surface area contributed by atoms with Crippen LogP contribution in [0.2, 0.25) is 0 Å². The first kappa shape index (κ1) is 12.2. The monoisotopic (exact) mass is 203 g/mol. The second-order valence-electron chi connectivity index (χ2n) is 2.42. The number of nitrogens with two attached hydrogens (primary N) is 1. The minimum Gasteiger partial charge on any atom is -0.461 e. The highest BCUT2D eigenvalue weighted by Crippen LogP contribution is 2.07. The Bertz CT molecular complexity index is 206. The third-order valence-corrected chi connectivity index (χ3v) is 1.91. The zero-order valence-corrected chi connectivity index (χ0v) is 8.30. The van der Waals surface area contributed by atoms with Crippen molar-refractivity contribution in [3.05, 3.63) is 12.7 Å². The van der Waals surface area contributed by atoms with Crippen molar-refractivity contribution in [2.75, 3.05) is 12.4 Å². The Morgan fingerprint density at radius 2 is 2.31 bits per heavy atom. The quantitative estimate of drug-likeness (QED) is 0.295. The molecule has 0 saturated carbocycles. The molecule has 0 aromatic heterocycles. The molecule has 0 aromatic rings. The molecule has 0 aliphatic heterocycles. The van der Waals surface area contributed by atoms with E-state index in [2.05, 4.69) is 6.58 Å². The standard InChI is InChI=1S/C8H13NO3S/c1-3-4-12-8(11)7(5-13-9)6(2)10/h3,7H,1,4-5,9H2,2H3. The minimum atomic E-state index is -0.755. The summed E-state index contributed by atoms with van der Waals surface area (Å²) in [6.07, 6.45) is 1.45. The van der Waals surface area contributed by atoms with E-state index in [9.17, 15) is 9.59 Å². The van der Waals surface area contributed by atoms with Crippen molar-refractivity contribution in [1.82, 2.24) is 0 Å². The molecule has 2 N–H and O–H groups in total. The van der Waals surface area contributed by atoms with Gasteiger partial charge in [-0.25, -0.2) is 0 Å². The maximum Gasteiger partial charge on any atom is 0.317 e. The van der Waals surface area contributed by atoms with Gasteiger partial charge in [-0.05, 0) is 6.92 Å². The average molecular weight is 203 g/mol. The van der Waals surface area contributed by atoms with Gasteiger partial charge >= 0.3 is 5.97 Å². The fourth-order valence-electron chi connectivity index (χ4n) is 0.689. The van der Waals surface area contributed by atoms with Crippen LogP contribution in [0.15, 0.2) is 12.7 Å². The smallest absolute Gasteiger partial charge is 0.317 e. The number of ketones is 1. The number of esters is 1. The first-order valence-corrected chi connectivity index (χ1v) is 4.78. The maximum absolute atomic E-state index is 11.2. The summed E-state index contributed by atoms with van der Waals surface area (Å²) in [5.41, 5.74) is 0. The Hall–Kier alpha value is -0.810. The molecule has 0 aliphatic rings. The van der Waals surface area contributed by atoms with Crippen LogP contribution in [0.4, 0.5) is 0 Å². The van der Waals surface area contributed by atoms with E-state index in [4.69, 9.17) is 9.88 Å². The van der Waals surface area contributed by atoms with Crippen LogP contribution in [0.3, 0.4) is 0 Å². The summed E-state index contributed by atoms with van der Waals surface area (Å²) in [4.78, 5) is 22.1. The number of rotatable bonds is 6. The van der Waals surface area contributed by atoms with Gasteiger partial charge in [-0.2, -0.15) is 0 Å². The zero-order valence-electron chi connectivity index (χ0n) is 7.49. The van der Waals surface area contributed by atoms with Crippen LogP contribution in [-0.4, -0.2) is 24.1 Å². The Morgan fingerprint density at radius 3 is 2.69 bits per heavy atom. The van der Waals surface area contributed by atoms with E-state index < -0.39 is 11.9 Å². The van der Waals surface area contributed by atoms with E-state index in [0.29, 0.717) is 0 Å². The lowest BCUT2D eigenvalue weighted by molar-refractivity contribution is -0.149. The van der Waals surface area contributed by atoms with Crippen LogP contribution < -0.4 is 5.14 Å². The number of ether oxygens (including phenoxy) is 1.